The van der Waals surface area contributed by atoms with Crippen molar-refractivity contribution in [2.45, 2.75) is 37.2 Å². The van der Waals surface area contributed by atoms with Gasteiger partial charge in [0.2, 0.25) is 10.0 Å². The minimum atomic E-state index is -3.72. The van der Waals surface area contributed by atoms with Gasteiger partial charge in [0.05, 0.1) is 4.90 Å². The van der Waals surface area contributed by atoms with Gasteiger partial charge in [0.1, 0.15) is 0 Å². The van der Waals surface area contributed by atoms with E-state index in [-0.39, 0.29) is 35.8 Å². The third-order valence-corrected chi connectivity index (χ3v) is 6.20. The summed E-state index contributed by atoms with van der Waals surface area (Å²) in [6.45, 7) is 2.37. The molecule has 4 N–H and O–H groups in total. The minimum absolute atomic E-state index is 0. The third kappa shape index (κ3) is 5.78. The Hall–Kier alpha value is -1.93. The first kappa shape index (κ1) is 22.4. The number of carbonyl (C=O) groups excluding carboxylic acids is 1. The van der Waals surface area contributed by atoms with Crippen LogP contribution in [0.2, 0.25) is 0 Å². The summed E-state index contributed by atoms with van der Waals surface area (Å²) in [5.74, 6) is 0.184. The van der Waals surface area contributed by atoms with Crippen LogP contribution in [0.1, 0.15) is 34.3 Å². The molecule has 1 amide bonds. The lowest BCUT2D eigenvalue weighted by atomic mass is 10.1. The number of nitrogens with two attached hydrogens (primary N) is 1. The second-order valence-corrected chi connectivity index (χ2v) is 8.77. The van der Waals surface area contributed by atoms with Gasteiger partial charge in [-0.15, -0.1) is 12.4 Å². The highest BCUT2D eigenvalue weighted by atomic mass is 35.5. The molecule has 0 aliphatic heterocycles. The predicted molar refractivity (Wildman–Crippen MR) is 112 cm³/mol. The summed E-state index contributed by atoms with van der Waals surface area (Å²) in [4.78, 5) is 12.6. The molecule has 0 saturated heterocycles. The second-order valence-electron chi connectivity index (χ2n) is 7.00. The predicted octanol–water partition coefficient (Wildman–Crippen LogP) is 2.36. The van der Waals surface area contributed by atoms with Crippen LogP contribution in [0, 0.1) is 12.8 Å². The van der Waals surface area contributed by atoms with Crippen molar-refractivity contribution in [3.63, 3.8) is 0 Å². The van der Waals surface area contributed by atoms with Gasteiger partial charge in [-0.05, 0) is 48.9 Å². The van der Waals surface area contributed by atoms with Gasteiger partial charge in [-0.25, -0.2) is 13.1 Å². The highest BCUT2D eigenvalue weighted by molar-refractivity contribution is 7.89. The quantitative estimate of drug-likeness (QED) is 0.606. The maximum absolute atomic E-state index is 12.6. The van der Waals surface area contributed by atoms with Crippen molar-refractivity contribution in [1.29, 1.82) is 0 Å². The molecule has 1 aliphatic rings. The van der Waals surface area contributed by atoms with Crippen molar-refractivity contribution in [2.75, 3.05) is 6.54 Å². The summed E-state index contributed by atoms with van der Waals surface area (Å²) in [5, 5.41) is 2.82. The molecular formula is C20H26ClN3O3S. The lowest BCUT2D eigenvalue weighted by Gasteiger charge is -2.14. The lowest BCUT2D eigenvalue weighted by molar-refractivity contribution is 0.0949. The number of sulfonamides is 1. The Labute approximate surface area is 172 Å². The monoisotopic (exact) mass is 423 g/mol. The summed E-state index contributed by atoms with van der Waals surface area (Å²) in [6, 6.07) is 13.8. The van der Waals surface area contributed by atoms with E-state index in [1.807, 2.05) is 30.3 Å². The van der Waals surface area contributed by atoms with Crippen LogP contribution in [0.4, 0.5) is 0 Å². The fourth-order valence-electron chi connectivity index (χ4n) is 2.87. The van der Waals surface area contributed by atoms with E-state index in [0.717, 1.165) is 24.0 Å². The number of hydrogen-bond acceptors (Lipinski definition) is 4. The Kier molecular flexibility index (Phi) is 7.60. The van der Waals surface area contributed by atoms with E-state index in [1.54, 1.807) is 13.0 Å². The number of rotatable bonds is 8. The van der Waals surface area contributed by atoms with Crippen molar-refractivity contribution < 1.29 is 13.2 Å². The van der Waals surface area contributed by atoms with Crippen LogP contribution in [0.5, 0.6) is 0 Å². The first-order chi connectivity index (χ1) is 12.9. The number of hydrogen-bond donors (Lipinski definition) is 3. The SMILES string of the molecule is Cc1ccc(S(=O)(=O)NCc2ccccc2)cc1C(=O)NCC(N)C1CC1.Cl. The van der Waals surface area contributed by atoms with E-state index in [0.29, 0.717) is 18.0 Å². The molecule has 1 atom stereocenters. The van der Waals surface area contributed by atoms with Crippen LogP contribution in [0.3, 0.4) is 0 Å². The Morgan fingerprint density at radius 3 is 2.50 bits per heavy atom. The normalized spacial score (nSPS) is 14.8. The molecule has 6 nitrogen and oxygen atoms in total. The van der Waals surface area contributed by atoms with Gasteiger partial charge in [-0.1, -0.05) is 36.4 Å². The van der Waals surface area contributed by atoms with Crippen LogP contribution in [-0.4, -0.2) is 26.9 Å². The third-order valence-electron chi connectivity index (χ3n) is 4.80. The van der Waals surface area contributed by atoms with Crippen LogP contribution >= 0.6 is 12.4 Å². The molecular weight excluding hydrogens is 398 g/mol. The van der Waals surface area contributed by atoms with Gasteiger partial charge < -0.3 is 11.1 Å². The molecule has 2 aromatic rings. The van der Waals surface area contributed by atoms with E-state index >= 15 is 0 Å². The van der Waals surface area contributed by atoms with Crippen LogP contribution in [-0.2, 0) is 16.6 Å². The molecule has 1 aliphatic carbocycles. The average Bonchev–Trinajstić information content (AvgIpc) is 3.50. The van der Waals surface area contributed by atoms with E-state index < -0.39 is 10.0 Å². The van der Waals surface area contributed by atoms with Gasteiger partial charge in [-0.3, -0.25) is 4.79 Å². The largest absolute Gasteiger partial charge is 0.350 e. The van der Waals surface area contributed by atoms with E-state index in [2.05, 4.69) is 10.0 Å². The van der Waals surface area contributed by atoms with Crippen LogP contribution in [0.25, 0.3) is 0 Å². The second kappa shape index (κ2) is 9.52. The molecule has 3 rings (SSSR count). The number of benzene rings is 2. The summed E-state index contributed by atoms with van der Waals surface area (Å²) in [6.07, 6.45) is 2.22. The van der Waals surface area contributed by atoms with Crippen molar-refractivity contribution >= 4 is 28.3 Å². The van der Waals surface area contributed by atoms with Gasteiger partial charge in [0, 0.05) is 24.7 Å². The highest BCUT2D eigenvalue weighted by Gasteiger charge is 2.28. The Bertz CT molecular complexity index is 916. The first-order valence-electron chi connectivity index (χ1n) is 9.05. The Balaban J connectivity index is 0.00000280. The average molecular weight is 424 g/mol. The Morgan fingerprint density at radius 2 is 1.86 bits per heavy atom. The van der Waals surface area contributed by atoms with Crippen LogP contribution < -0.4 is 15.8 Å². The van der Waals surface area contributed by atoms with Crippen molar-refractivity contribution in [1.82, 2.24) is 10.0 Å². The fraction of sp³-hybridized carbons (Fsp3) is 0.350. The molecule has 1 saturated carbocycles. The van der Waals surface area contributed by atoms with Gasteiger partial charge in [-0.2, -0.15) is 0 Å². The summed E-state index contributed by atoms with van der Waals surface area (Å²) in [5.41, 5.74) is 7.94. The highest BCUT2D eigenvalue weighted by Crippen LogP contribution is 2.31. The maximum Gasteiger partial charge on any atom is 0.251 e. The molecule has 0 heterocycles. The van der Waals surface area contributed by atoms with Gasteiger partial charge in [0.25, 0.3) is 5.91 Å². The molecule has 0 radical (unpaired) electrons. The maximum atomic E-state index is 12.6. The van der Waals surface area contributed by atoms with Gasteiger partial charge >= 0.3 is 0 Å². The summed E-state index contributed by atoms with van der Waals surface area (Å²) >= 11 is 0. The molecule has 0 spiro atoms. The molecule has 1 fully saturated rings. The Morgan fingerprint density at radius 1 is 1.18 bits per heavy atom. The molecule has 0 aromatic heterocycles. The number of nitrogens with one attached hydrogen (secondary N) is 2. The van der Waals surface area contributed by atoms with Crippen LogP contribution in [0.15, 0.2) is 53.4 Å². The summed E-state index contributed by atoms with van der Waals surface area (Å²) < 4.78 is 27.8. The van der Waals surface area contributed by atoms with Gasteiger partial charge in [0.15, 0.2) is 0 Å². The molecule has 1 unspecified atom stereocenters. The van der Waals surface area contributed by atoms with Crippen molar-refractivity contribution in [3.05, 3.63) is 65.2 Å². The minimum Gasteiger partial charge on any atom is -0.350 e. The number of amides is 1. The lowest BCUT2D eigenvalue weighted by Crippen LogP contribution is -2.38. The van der Waals surface area contributed by atoms with E-state index in [4.69, 9.17) is 5.73 Å². The van der Waals surface area contributed by atoms with E-state index in [1.165, 1.54) is 12.1 Å². The van der Waals surface area contributed by atoms with Crippen molar-refractivity contribution in [3.8, 4) is 0 Å². The first-order valence-corrected chi connectivity index (χ1v) is 10.5. The van der Waals surface area contributed by atoms with E-state index in [9.17, 15) is 13.2 Å². The van der Waals surface area contributed by atoms with Crippen molar-refractivity contribution in [2.24, 2.45) is 11.7 Å². The topological polar surface area (TPSA) is 101 Å². The molecule has 8 heteroatoms. The number of carbonyl (C=O) groups is 1. The molecule has 152 valence electrons. The zero-order valence-corrected chi connectivity index (χ0v) is 17.4. The molecule has 0 bridgehead atoms. The molecule has 28 heavy (non-hydrogen) atoms. The number of aryl methyl sites for hydroxylation is 1. The zero-order valence-electron chi connectivity index (χ0n) is 15.7. The summed E-state index contributed by atoms with van der Waals surface area (Å²) in [7, 11) is -3.72. The zero-order chi connectivity index (χ0) is 19.4. The standard InChI is InChI=1S/C20H25N3O3S.ClH/c1-14-7-10-17(27(25,26)23-12-15-5-3-2-4-6-15)11-18(14)20(24)22-13-19(21)16-8-9-16;/h2-7,10-11,16,19,23H,8-9,12-13,21H2,1H3,(H,22,24);1H. The molecule has 2 aromatic carbocycles. The number of halogens is 1. The smallest absolute Gasteiger partial charge is 0.251 e. The fourth-order valence-corrected chi connectivity index (χ4v) is 3.91.